The highest BCUT2D eigenvalue weighted by molar-refractivity contribution is 6.03. The molecule has 0 fully saturated rings. The summed E-state index contributed by atoms with van der Waals surface area (Å²) in [6.07, 6.45) is 0.954. The average molecular weight is 337 g/mol. The second-order valence-electron chi connectivity index (χ2n) is 5.38. The van der Waals surface area contributed by atoms with Gasteiger partial charge in [0.15, 0.2) is 0 Å². The molecular formula is C18H15N3O4. The van der Waals surface area contributed by atoms with E-state index in [9.17, 15) is 14.9 Å². The summed E-state index contributed by atoms with van der Waals surface area (Å²) in [7, 11) is 0. The molecule has 0 unspecified atom stereocenters. The molecule has 126 valence electrons. The molecule has 0 saturated carbocycles. The van der Waals surface area contributed by atoms with Crippen molar-refractivity contribution in [3.63, 3.8) is 0 Å². The Bertz CT molecular complexity index is 899. The number of rotatable bonds is 5. The van der Waals surface area contributed by atoms with Gasteiger partial charge in [-0.2, -0.15) is 0 Å². The van der Waals surface area contributed by atoms with Gasteiger partial charge in [0, 0.05) is 29.3 Å². The fourth-order valence-corrected chi connectivity index (χ4v) is 2.30. The van der Waals surface area contributed by atoms with Crippen molar-refractivity contribution in [1.29, 1.82) is 0 Å². The molecular weight excluding hydrogens is 322 g/mol. The summed E-state index contributed by atoms with van der Waals surface area (Å²) in [5, 5.41) is 17.2. The van der Waals surface area contributed by atoms with Crippen LogP contribution in [0.3, 0.4) is 0 Å². The van der Waals surface area contributed by atoms with Gasteiger partial charge in [-0.3, -0.25) is 20.2 Å². The van der Waals surface area contributed by atoms with Crippen molar-refractivity contribution in [3.8, 4) is 11.3 Å². The Morgan fingerprint density at radius 3 is 2.44 bits per heavy atom. The molecule has 0 spiro atoms. The third kappa shape index (κ3) is 3.72. The molecule has 3 aromatic rings. The number of hydrogen-bond acceptors (Lipinski definition) is 5. The first-order valence-electron chi connectivity index (χ1n) is 7.68. The van der Waals surface area contributed by atoms with E-state index in [-0.39, 0.29) is 17.1 Å². The summed E-state index contributed by atoms with van der Waals surface area (Å²) in [6, 6.07) is 14.9. The minimum absolute atomic E-state index is 0.0750. The second kappa shape index (κ2) is 6.96. The maximum absolute atomic E-state index is 12.2. The number of aryl methyl sites for hydroxylation is 1. The van der Waals surface area contributed by atoms with E-state index < -0.39 is 10.8 Å². The lowest BCUT2D eigenvalue weighted by molar-refractivity contribution is -0.384. The largest absolute Gasteiger partial charge is 0.338 e. The van der Waals surface area contributed by atoms with Crippen LogP contribution >= 0.6 is 0 Å². The Balaban J connectivity index is 1.71. The predicted octanol–water partition coefficient (Wildman–Crippen LogP) is 4.06. The van der Waals surface area contributed by atoms with Crippen LogP contribution in [0.25, 0.3) is 11.3 Å². The summed E-state index contributed by atoms with van der Waals surface area (Å²) >= 11 is 0. The van der Waals surface area contributed by atoms with Gasteiger partial charge in [0.25, 0.3) is 11.6 Å². The number of anilines is 1. The Morgan fingerprint density at radius 2 is 1.84 bits per heavy atom. The van der Waals surface area contributed by atoms with Gasteiger partial charge < -0.3 is 4.52 Å². The van der Waals surface area contributed by atoms with Gasteiger partial charge in [0.05, 0.1) is 4.92 Å². The first kappa shape index (κ1) is 16.4. The number of non-ortho nitro benzene ring substituents is 1. The van der Waals surface area contributed by atoms with Gasteiger partial charge in [-0.25, -0.2) is 0 Å². The summed E-state index contributed by atoms with van der Waals surface area (Å²) in [5.41, 5.74) is 2.93. The fraction of sp³-hybridized carbons (Fsp3) is 0.111. The molecule has 1 aromatic heterocycles. The van der Waals surface area contributed by atoms with Crippen molar-refractivity contribution >= 4 is 17.5 Å². The van der Waals surface area contributed by atoms with E-state index in [1.54, 1.807) is 6.07 Å². The van der Waals surface area contributed by atoms with Crippen LogP contribution in [-0.2, 0) is 6.42 Å². The van der Waals surface area contributed by atoms with Gasteiger partial charge in [-0.1, -0.05) is 36.3 Å². The van der Waals surface area contributed by atoms with Crippen molar-refractivity contribution < 1.29 is 14.2 Å². The van der Waals surface area contributed by atoms with Gasteiger partial charge in [0.2, 0.25) is 5.88 Å². The molecule has 1 heterocycles. The van der Waals surface area contributed by atoms with Crippen LogP contribution in [0.4, 0.5) is 11.6 Å². The molecule has 0 radical (unpaired) electrons. The number of benzene rings is 2. The SMILES string of the molecule is CCc1ccc(-c2cc(NC(=O)c3ccc([N+](=O)[O-])cc3)on2)cc1. The quantitative estimate of drug-likeness (QED) is 0.559. The number of hydrogen-bond donors (Lipinski definition) is 1. The second-order valence-corrected chi connectivity index (χ2v) is 5.38. The zero-order valence-electron chi connectivity index (χ0n) is 13.4. The lowest BCUT2D eigenvalue weighted by atomic mass is 10.1. The Labute approximate surface area is 143 Å². The third-order valence-electron chi connectivity index (χ3n) is 3.75. The zero-order valence-corrected chi connectivity index (χ0v) is 13.4. The molecule has 1 N–H and O–H groups in total. The maximum Gasteiger partial charge on any atom is 0.269 e. The number of carbonyl (C=O) groups excluding carboxylic acids is 1. The summed E-state index contributed by atoms with van der Waals surface area (Å²) in [5.74, 6) is -0.225. The van der Waals surface area contributed by atoms with Gasteiger partial charge in [-0.15, -0.1) is 0 Å². The molecule has 0 aliphatic rings. The summed E-state index contributed by atoms with van der Waals surface area (Å²) < 4.78 is 5.14. The summed E-state index contributed by atoms with van der Waals surface area (Å²) in [4.78, 5) is 22.3. The normalized spacial score (nSPS) is 10.4. The molecule has 0 saturated heterocycles. The first-order valence-corrected chi connectivity index (χ1v) is 7.68. The van der Waals surface area contributed by atoms with E-state index >= 15 is 0 Å². The fourth-order valence-electron chi connectivity index (χ4n) is 2.30. The van der Waals surface area contributed by atoms with E-state index in [1.165, 1.54) is 29.8 Å². The van der Waals surface area contributed by atoms with E-state index in [2.05, 4.69) is 17.4 Å². The van der Waals surface area contributed by atoms with Crippen LogP contribution < -0.4 is 5.32 Å². The van der Waals surface area contributed by atoms with Crippen LogP contribution in [0.5, 0.6) is 0 Å². The van der Waals surface area contributed by atoms with E-state index in [1.807, 2.05) is 24.3 Å². The van der Waals surface area contributed by atoms with Crippen LogP contribution in [-0.4, -0.2) is 16.0 Å². The lowest BCUT2D eigenvalue weighted by Crippen LogP contribution is -2.11. The predicted molar refractivity (Wildman–Crippen MR) is 92.4 cm³/mol. The van der Waals surface area contributed by atoms with Crippen molar-refractivity contribution in [2.24, 2.45) is 0 Å². The monoisotopic (exact) mass is 337 g/mol. The molecule has 2 aromatic carbocycles. The zero-order chi connectivity index (χ0) is 17.8. The van der Waals surface area contributed by atoms with Crippen molar-refractivity contribution in [2.75, 3.05) is 5.32 Å². The molecule has 0 atom stereocenters. The molecule has 0 bridgehead atoms. The summed E-state index contributed by atoms with van der Waals surface area (Å²) in [6.45, 7) is 2.08. The number of nitro groups is 1. The Hall–Kier alpha value is -3.48. The first-order chi connectivity index (χ1) is 12.1. The standard InChI is InChI=1S/C18H15N3O4/c1-2-12-3-5-13(6-4-12)16-11-17(25-20-16)19-18(22)14-7-9-15(10-8-14)21(23)24/h3-11H,2H2,1H3,(H,19,22). The molecule has 0 aliphatic carbocycles. The number of amides is 1. The number of carbonyl (C=O) groups is 1. The van der Waals surface area contributed by atoms with Crippen molar-refractivity contribution in [3.05, 3.63) is 75.8 Å². The molecule has 0 aliphatic heterocycles. The topological polar surface area (TPSA) is 98.3 Å². The highest BCUT2D eigenvalue weighted by atomic mass is 16.6. The average Bonchev–Trinajstić information content (AvgIpc) is 3.10. The van der Waals surface area contributed by atoms with Crippen LogP contribution in [0.2, 0.25) is 0 Å². The highest BCUT2D eigenvalue weighted by Crippen LogP contribution is 2.23. The minimum atomic E-state index is -0.520. The van der Waals surface area contributed by atoms with Gasteiger partial charge in [0.1, 0.15) is 5.69 Å². The molecule has 3 rings (SSSR count). The number of nitrogens with zero attached hydrogens (tertiary/aromatic N) is 2. The number of aromatic nitrogens is 1. The van der Waals surface area contributed by atoms with Crippen molar-refractivity contribution in [1.82, 2.24) is 5.16 Å². The van der Waals surface area contributed by atoms with Gasteiger partial charge >= 0.3 is 0 Å². The van der Waals surface area contributed by atoms with Crippen LogP contribution in [0.15, 0.2) is 59.1 Å². The van der Waals surface area contributed by atoms with E-state index in [0.29, 0.717) is 5.69 Å². The Kier molecular flexibility index (Phi) is 4.56. The van der Waals surface area contributed by atoms with Crippen LogP contribution in [0, 0.1) is 10.1 Å². The number of nitro benzene ring substituents is 1. The highest BCUT2D eigenvalue weighted by Gasteiger charge is 2.13. The van der Waals surface area contributed by atoms with E-state index in [4.69, 9.17) is 4.52 Å². The molecule has 7 heteroatoms. The number of nitrogens with one attached hydrogen (secondary N) is 1. The molecule has 25 heavy (non-hydrogen) atoms. The smallest absolute Gasteiger partial charge is 0.269 e. The molecule has 7 nitrogen and oxygen atoms in total. The van der Waals surface area contributed by atoms with Gasteiger partial charge in [-0.05, 0) is 24.1 Å². The lowest BCUT2D eigenvalue weighted by Gasteiger charge is -2.00. The van der Waals surface area contributed by atoms with Crippen molar-refractivity contribution in [2.45, 2.75) is 13.3 Å². The van der Waals surface area contributed by atoms with E-state index in [0.717, 1.165) is 12.0 Å². The molecule has 1 amide bonds. The van der Waals surface area contributed by atoms with Crippen LogP contribution in [0.1, 0.15) is 22.8 Å². The minimum Gasteiger partial charge on any atom is -0.338 e. The third-order valence-corrected chi connectivity index (χ3v) is 3.75. The maximum atomic E-state index is 12.2. The Morgan fingerprint density at radius 1 is 1.16 bits per heavy atom.